The van der Waals surface area contributed by atoms with Crippen molar-refractivity contribution in [2.24, 2.45) is 5.92 Å². The fraction of sp³-hybridized carbons (Fsp3) is 0.308. The van der Waals surface area contributed by atoms with Crippen molar-refractivity contribution in [1.82, 2.24) is 4.98 Å². The average Bonchev–Trinajstić information content (AvgIpc) is 2.59. The van der Waals surface area contributed by atoms with Crippen LogP contribution in [0.4, 0.5) is 0 Å². The maximum absolute atomic E-state index is 11.9. The molecule has 0 spiro atoms. The first-order chi connectivity index (χ1) is 7.09. The lowest BCUT2D eigenvalue weighted by atomic mass is 10.0. The Morgan fingerprint density at radius 3 is 2.73 bits per heavy atom. The molecule has 0 aliphatic rings. The predicted octanol–water partition coefficient (Wildman–Crippen LogP) is 3.32. The second kappa shape index (κ2) is 3.54. The van der Waals surface area contributed by atoms with Gasteiger partial charge in [-0.15, -0.1) is 0 Å². The van der Waals surface area contributed by atoms with E-state index in [2.05, 4.69) is 11.1 Å². The summed E-state index contributed by atoms with van der Waals surface area (Å²) in [5, 5.41) is 1.03. The molecule has 1 heterocycles. The molecule has 0 unspecified atom stereocenters. The van der Waals surface area contributed by atoms with Crippen molar-refractivity contribution in [3.63, 3.8) is 0 Å². The summed E-state index contributed by atoms with van der Waals surface area (Å²) in [6.07, 6.45) is 1.81. The van der Waals surface area contributed by atoms with E-state index in [0.29, 0.717) is 0 Å². The lowest BCUT2D eigenvalue weighted by molar-refractivity contribution is 0.0941. The minimum Gasteiger partial charge on any atom is -0.360 e. The summed E-state index contributed by atoms with van der Waals surface area (Å²) in [6.45, 7) is 5.90. The Morgan fingerprint density at radius 2 is 2.07 bits per heavy atom. The zero-order valence-corrected chi connectivity index (χ0v) is 9.29. The van der Waals surface area contributed by atoms with Crippen LogP contribution in [-0.4, -0.2) is 10.8 Å². The number of aromatic amines is 1. The molecule has 0 atom stereocenters. The van der Waals surface area contributed by atoms with Gasteiger partial charge in [-0.05, 0) is 18.6 Å². The van der Waals surface area contributed by atoms with Crippen LogP contribution in [0.25, 0.3) is 10.9 Å². The normalized spacial score (nSPS) is 11.2. The number of aromatic nitrogens is 1. The Labute approximate surface area is 89.3 Å². The molecule has 2 heteroatoms. The standard InChI is InChI=1S/C13H15NO/c1-8(2)13(15)11-7-14-12-6-9(3)4-5-10(11)12/h4-8,14H,1-3H3. The molecule has 0 saturated heterocycles. The quantitative estimate of drug-likeness (QED) is 0.743. The first-order valence-electron chi connectivity index (χ1n) is 5.21. The van der Waals surface area contributed by atoms with E-state index in [1.54, 1.807) is 0 Å². The number of aryl methyl sites for hydroxylation is 1. The highest BCUT2D eigenvalue weighted by Crippen LogP contribution is 2.21. The molecule has 2 rings (SSSR count). The summed E-state index contributed by atoms with van der Waals surface area (Å²) in [4.78, 5) is 15.0. The lowest BCUT2D eigenvalue weighted by Gasteiger charge is -2.02. The maximum Gasteiger partial charge on any atom is 0.167 e. The van der Waals surface area contributed by atoms with Crippen LogP contribution in [0.5, 0.6) is 0 Å². The van der Waals surface area contributed by atoms with E-state index >= 15 is 0 Å². The summed E-state index contributed by atoms with van der Waals surface area (Å²) in [7, 11) is 0. The van der Waals surface area contributed by atoms with Gasteiger partial charge < -0.3 is 4.98 Å². The second-order valence-corrected chi connectivity index (χ2v) is 4.27. The Balaban J connectivity index is 2.59. The number of fused-ring (bicyclic) bond motifs is 1. The molecule has 1 aromatic heterocycles. The molecule has 0 saturated carbocycles. The Hall–Kier alpha value is -1.57. The molecule has 0 amide bonds. The van der Waals surface area contributed by atoms with Crippen molar-refractivity contribution in [2.75, 3.05) is 0 Å². The van der Waals surface area contributed by atoms with Crippen LogP contribution >= 0.6 is 0 Å². The van der Waals surface area contributed by atoms with Crippen molar-refractivity contribution < 1.29 is 4.79 Å². The number of hydrogen-bond donors (Lipinski definition) is 1. The summed E-state index contributed by atoms with van der Waals surface area (Å²) >= 11 is 0. The van der Waals surface area contributed by atoms with Crippen LogP contribution in [-0.2, 0) is 0 Å². The molecule has 0 aliphatic carbocycles. The number of H-pyrrole nitrogens is 1. The molecule has 0 fully saturated rings. The van der Waals surface area contributed by atoms with Crippen LogP contribution in [0.1, 0.15) is 29.8 Å². The van der Waals surface area contributed by atoms with Crippen molar-refractivity contribution in [2.45, 2.75) is 20.8 Å². The van der Waals surface area contributed by atoms with Gasteiger partial charge >= 0.3 is 0 Å². The molecular formula is C13H15NO. The van der Waals surface area contributed by atoms with Crippen LogP contribution in [0, 0.1) is 12.8 Å². The van der Waals surface area contributed by atoms with Gasteiger partial charge in [0, 0.05) is 28.6 Å². The number of hydrogen-bond acceptors (Lipinski definition) is 1. The number of carbonyl (C=O) groups is 1. The lowest BCUT2D eigenvalue weighted by Crippen LogP contribution is -2.06. The third-order valence-corrected chi connectivity index (χ3v) is 2.63. The number of nitrogens with one attached hydrogen (secondary N) is 1. The Morgan fingerprint density at radius 1 is 1.33 bits per heavy atom. The van der Waals surface area contributed by atoms with Gasteiger partial charge in [-0.2, -0.15) is 0 Å². The van der Waals surface area contributed by atoms with Gasteiger partial charge in [0.05, 0.1) is 0 Å². The van der Waals surface area contributed by atoms with Crippen molar-refractivity contribution in [1.29, 1.82) is 0 Å². The molecular weight excluding hydrogens is 186 g/mol. The predicted molar refractivity (Wildman–Crippen MR) is 62.2 cm³/mol. The molecule has 1 aromatic carbocycles. The van der Waals surface area contributed by atoms with E-state index in [4.69, 9.17) is 0 Å². The Bertz CT molecular complexity index is 508. The zero-order valence-electron chi connectivity index (χ0n) is 9.29. The van der Waals surface area contributed by atoms with Crippen molar-refractivity contribution >= 4 is 16.7 Å². The zero-order chi connectivity index (χ0) is 11.0. The van der Waals surface area contributed by atoms with E-state index in [9.17, 15) is 4.79 Å². The van der Waals surface area contributed by atoms with Crippen molar-refractivity contribution in [3.8, 4) is 0 Å². The SMILES string of the molecule is Cc1ccc2c(C(=O)C(C)C)c[nH]c2c1. The first-order valence-corrected chi connectivity index (χ1v) is 5.21. The number of rotatable bonds is 2. The smallest absolute Gasteiger partial charge is 0.167 e. The first kappa shape index (κ1) is 9.97. The monoisotopic (exact) mass is 201 g/mol. The minimum atomic E-state index is 0.0466. The van der Waals surface area contributed by atoms with Gasteiger partial charge in [0.1, 0.15) is 0 Å². The summed E-state index contributed by atoms with van der Waals surface area (Å²) in [5.41, 5.74) is 3.05. The van der Waals surface area contributed by atoms with E-state index < -0.39 is 0 Å². The molecule has 78 valence electrons. The number of benzene rings is 1. The number of ketones is 1. The van der Waals surface area contributed by atoms with Gasteiger partial charge in [-0.3, -0.25) is 4.79 Å². The molecule has 15 heavy (non-hydrogen) atoms. The molecule has 0 aliphatic heterocycles. The van der Waals surface area contributed by atoms with Gasteiger partial charge in [-0.25, -0.2) is 0 Å². The van der Waals surface area contributed by atoms with Gasteiger partial charge in [0.2, 0.25) is 0 Å². The Kier molecular flexibility index (Phi) is 2.35. The highest BCUT2D eigenvalue weighted by atomic mass is 16.1. The van der Waals surface area contributed by atoms with E-state index in [1.165, 1.54) is 5.56 Å². The fourth-order valence-corrected chi connectivity index (χ4v) is 1.75. The summed E-state index contributed by atoms with van der Waals surface area (Å²) in [6, 6.07) is 6.11. The third kappa shape index (κ3) is 1.67. The van der Waals surface area contributed by atoms with E-state index in [0.717, 1.165) is 16.5 Å². The van der Waals surface area contributed by atoms with Crippen LogP contribution in [0.2, 0.25) is 0 Å². The molecule has 0 bridgehead atoms. The molecule has 2 nitrogen and oxygen atoms in total. The van der Waals surface area contributed by atoms with Gasteiger partial charge in [0.15, 0.2) is 5.78 Å². The van der Waals surface area contributed by atoms with Gasteiger partial charge in [0.25, 0.3) is 0 Å². The molecule has 2 aromatic rings. The van der Waals surface area contributed by atoms with E-state index in [-0.39, 0.29) is 11.7 Å². The fourth-order valence-electron chi connectivity index (χ4n) is 1.75. The van der Waals surface area contributed by atoms with Crippen molar-refractivity contribution in [3.05, 3.63) is 35.5 Å². The topological polar surface area (TPSA) is 32.9 Å². The van der Waals surface area contributed by atoms with Crippen LogP contribution in [0.3, 0.4) is 0 Å². The molecule has 0 radical (unpaired) electrons. The highest BCUT2D eigenvalue weighted by Gasteiger charge is 2.14. The number of Topliss-reactive ketones (excluding diaryl/α,β-unsaturated/α-hetero) is 1. The van der Waals surface area contributed by atoms with Crippen LogP contribution < -0.4 is 0 Å². The number of carbonyl (C=O) groups excluding carboxylic acids is 1. The third-order valence-electron chi connectivity index (χ3n) is 2.63. The average molecular weight is 201 g/mol. The maximum atomic E-state index is 11.9. The molecule has 1 N–H and O–H groups in total. The second-order valence-electron chi connectivity index (χ2n) is 4.27. The largest absolute Gasteiger partial charge is 0.360 e. The minimum absolute atomic E-state index is 0.0466. The summed E-state index contributed by atoms with van der Waals surface area (Å²) in [5.74, 6) is 0.246. The summed E-state index contributed by atoms with van der Waals surface area (Å²) < 4.78 is 0. The van der Waals surface area contributed by atoms with Crippen LogP contribution in [0.15, 0.2) is 24.4 Å². The highest BCUT2D eigenvalue weighted by molar-refractivity contribution is 6.08. The van der Waals surface area contributed by atoms with Gasteiger partial charge in [-0.1, -0.05) is 26.0 Å². The van der Waals surface area contributed by atoms with E-state index in [1.807, 2.05) is 39.1 Å².